The molecule has 30 heavy (non-hydrogen) atoms. The zero-order valence-electron chi connectivity index (χ0n) is 15.8. The van der Waals surface area contributed by atoms with Gasteiger partial charge >= 0.3 is 5.97 Å². The lowest BCUT2D eigenvalue weighted by atomic mass is 10.1. The molecule has 0 radical (unpaired) electrons. The third kappa shape index (κ3) is 5.11. The summed E-state index contributed by atoms with van der Waals surface area (Å²) in [6.07, 6.45) is -3.02. The monoisotopic (exact) mass is 418 g/mol. The second-order valence-electron chi connectivity index (χ2n) is 6.85. The van der Waals surface area contributed by atoms with E-state index in [0.717, 1.165) is 4.90 Å². The molecular weight excluding hydrogens is 398 g/mol. The quantitative estimate of drug-likeness (QED) is 0.721. The van der Waals surface area contributed by atoms with E-state index >= 15 is 0 Å². The molecule has 3 rings (SSSR count). The third-order valence-corrected chi connectivity index (χ3v) is 4.79. The zero-order valence-corrected chi connectivity index (χ0v) is 15.8. The Bertz CT molecular complexity index is 905. The van der Waals surface area contributed by atoms with E-state index in [9.17, 15) is 28.3 Å². The van der Waals surface area contributed by atoms with Crippen molar-refractivity contribution >= 4 is 17.8 Å². The van der Waals surface area contributed by atoms with Crippen LogP contribution >= 0.6 is 0 Å². The molecular formula is C21H20F2N2O5. The van der Waals surface area contributed by atoms with Gasteiger partial charge in [0.25, 0.3) is 5.91 Å². The maximum absolute atomic E-state index is 12.9. The normalized spacial score (nSPS) is 18.3. The van der Waals surface area contributed by atoms with Gasteiger partial charge in [0.2, 0.25) is 12.3 Å². The summed E-state index contributed by atoms with van der Waals surface area (Å²) in [5.74, 6) is -2.64. The van der Waals surface area contributed by atoms with Crippen LogP contribution in [0, 0.1) is 5.92 Å². The number of halogens is 2. The van der Waals surface area contributed by atoms with Gasteiger partial charge in [0, 0.05) is 18.0 Å². The van der Waals surface area contributed by atoms with Gasteiger partial charge < -0.3 is 20.1 Å². The number of benzene rings is 2. The molecule has 2 aromatic rings. The van der Waals surface area contributed by atoms with Crippen LogP contribution in [0.15, 0.2) is 54.6 Å². The maximum atomic E-state index is 12.9. The molecule has 1 fully saturated rings. The number of para-hydroxylation sites is 1. The molecule has 158 valence electrons. The Morgan fingerprint density at radius 3 is 2.30 bits per heavy atom. The molecule has 1 heterocycles. The highest BCUT2D eigenvalue weighted by atomic mass is 19.3. The highest BCUT2D eigenvalue weighted by molar-refractivity contribution is 5.97. The lowest BCUT2D eigenvalue weighted by molar-refractivity contribution is -0.147. The van der Waals surface area contributed by atoms with Crippen molar-refractivity contribution in [3.05, 3.63) is 60.2 Å². The summed E-state index contributed by atoms with van der Waals surface area (Å²) in [5, 5.41) is 11.6. The molecule has 0 saturated carbocycles. The largest absolute Gasteiger partial charge is 0.480 e. The van der Waals surface area contributed by atoms with E-state index < -0.39 is 42.7 Å². The number of carboxylic acid groups (broad SMARTS) is 1. The Morgan fingerprint density at radius 2 is 1.70 bits per heavy atom. The van der Waals surface area contributed by atoms with Gasteiger partial charge in [0.15, 0.2) is 0 Å². The number of hydrogen-bond acceptors (Lipinski definition) is 4. The summed E-state index contributed by atoms with van der Waals surface area (Å²) in [4.78, 5) is 36.7. The number of hydrogen-bond donors (Lipinski definition) is 2. The molecule has 2 aromatic carbocycles. The summed E-state index contributed by atoms with van der Waals surface area (Å²) >= 11 is 0. The summed E-state index contributed by atoms with van der Waals surface area (Å²) in [6, 6.07) is 14.0. The highest BCUT2D eigenvalue weighted by Gasteiger charge is 2.42. The fraction of sp³-hybridized carbons (Fsp3) is 0.286. The minimum Gasteiger partial charge on any atom is -0.480 e. The second-order valence-corrected chi connectivity index (χ2v) is 6.85. The topological polar surface area (TPSA) is 95.9 Å². The van der Waals surface area contributed by atoms with E-state index in [0.29, 0.717) is 11.5 Å². The van der Waals surface area contributed by atoms with Crippen molar-refractivity contribution in [1.29, 1.82) is 0 Å². The maximum Gasteiger partial charge on any atom is 0.326 e. The molecule has 7 nitrogen and oxygen atoms in total. The van der Waals surface area contributed by atoms with E-state index in [1.54, 1.807) is 24.3 Å². The fourth-order valence-corrected chi connectivity index (χ4v) is 3.22. The first-order chi connectivity index (χ1) is 14.3. The first-order valence-corrected chi connectivity index (χ1v) is 9.26. The van der Waals surface area contributed by atoms with Crippen LogP contribution in [0.2, 0.25) is 0 Å². The van der Waals surface area contributed by atoms with Gasteiger partial charge in [0.05, 0.1) is 6.54 Å². The number of carboxylic acids is 1. The lowest BCUT2D eigenvalue weighted by Gasteiger charge is -2.21. The van der Waals surface area contributed by atoms with Crippen molar-refractivity contribution in [1.82, 2.24) is 10.2 Å². The van der Waals surface area contributed by atoms with Crippen LogP contribution in [-0.2, 0) is 9.59 Å². The van der Waals surface area contributed by atoms with Crippen molar-refractivity contribution in [2.45, 2.75) is 18.9 Å². The third-order valence-electron chi connectivity index (χ3n) is 4.79. The molecule has 0 aliphatic carbocycles. The Labute approximate surface area is 171 Å². The van der Waals surface area contributed by atoms with Gasteiger partial charge in [-0.15, -0.1) is 0 Å². The lowest BCUT2D eigenvalue weighted by Crippen LogP contribution is -2.45. The van der Waals surface area contributed by atoms with E-state index in [1.807, 2.05) is 18.2 Å². The SMILES string of the molecule is O=C(NCC(=O)N1CC(C(F)F)CC1C(=O)O)c1ccc(Oc2ccccc2)cc1. The predicted octanol–water partition coefficient (Wildman–Crippen LogP) is 2.78. The minimum absolute atomic E-state index is 0.268. The van der Waals surface area contributed by atoms with Crippen molar-refractivity contribution in [2.75, 3.05) is 13.1 Å². The number of likely N-dealkylation sites (tertiary alicyclic amines) is 1. The number of carbonyl (C=O) groups excluding carboxylic acids is 2. The average molecular weight is 418 g/mol. The van der Waals surface area contributed by atoms with Gasteiger partial charge in [-0.25, -0.2) is 13.6 Å². The predicted molar refractivity (Wildman–Crippen MR) is 103 cm³/mol. The first-order valence-electron chi connectivity index (χ1n) is 9.26. The van der Waals surface area contributed by atoms with Crippen molar-refractivity contribution < 1.29 is 33.0 Å². The molecule has 1 aliphatic heterocycles. The summed E-state index contributed by atoms with van der Waals surface area (Å²) in [7, 11) is 0. The Balaban J connectivity index is 1.55. The standard InChI is InChI=1S/C21H20F2N2O5/c22-19(23)14-10-17(21(28)29)25(12-14)18(26)11-24-20(27)13-6-8-16(9-7-13)30-15-4-2-1-3-5-15/h1-9,14,17,19H,10-12H2,(H,24,27)(H,28,29). The molecule has 1 aliphatic rings. The minimum atomic E-state index is -2.71. The summed E-state index contributed by atoms with van der Waals surface area (Å²) in [5.41, 5.74) is 0.268. The second kappa shape index (κ2) is 9.34. The van der Waals surface area contributed by atoms with Crippen LogP contribution in [0.1, 0.15) is 16.8 Å². The van der Waals surface area contributed by atoms with E-state index in [4.69, 9.17) is 4.74 Å². The first kappa shape index (κ1) is 21.2. The van der Waals surface area contributed by atoms with Crippen LogP contribution in [0.3, 0.4) is 0 Å². The van der Waals surface area contributed by atoms with E-state index in [2.05, 4.69) is 5.32 Å². The summed E-state index contributed by atoms with van der Waals surface area (Å²) < 4.78 is 31.4. The number of rotatable bonds is 7. The van der Waals surface area contributed by atoms with Crippen LogP contribution in [0.4, 0.5) is 8.78 Å². The molecule has 0 aromatic heterocycles. The van der Waals surface area contributed by atoms with Gasteiger partial charge in [-0.1, -0.05) is 18.2 Å². The molecule has 2 unspecified atom stereocenters. The molecule has 0 spiro atoms. The van der Waals surface area contributed by atoms with Crippen LogP contribution in [0.5, 0.6) is 11.5 Å². The number of nitrogens with zero attached hydrogens (tertiary/aromatic N) is 1. The molecule has 9 heteroatoms. The smallest absolute Gasteiger partial charge is 0.326 e. The number of carbonyl (C=O) groups is 3. The summed E-state index contributed by atoms with van der Waals surface area (Å²) in [6.45, 7) is -0.838. The van der Waals surface area contributed by atoms with Gasteiger partial charge in [-0.2, -0.15) is 0 Å². The number of aliphatic carboxylic acids is 1. The van der Waals surface area contributed by atoms with Crippen LogP contribution in [-0.4, -0.2) is 53.3 Å². The van der Waals surface area contributed by atoms with Crippen molar-refractivity contribution in [2.24, 2.45) is 5.92 Å². The Kier molecular flexibility index (Phi) is 6.61. The molecule has 2 N–H and O–H groups in total. The molecule has 2 atom stereocenters. The molecule has 1 saturated heterocycles. The average Bonchev–Trinajstić information content (AvgIpc) is 3.19. The van der Waals surface area contributed by atoms with Crippen LogP contribution < -0.4 is 10.1 Å². The Hall–Kier alpha value is -3.49. The van der Waals surface area contributed by atoms with Crippen LogP contribution in [0.25, 0.3) is 0 Å². The number of nitrogens with one attached hydrogen (secondary N) is 1. The van der Waals surface area contributed by atoms with Gasteiger partial charge in [-0.05, 0) is 42.8 Å². The number of alkyl halides is 2. The van der Waals surface area contributed by atoms with Gasteiger partial charge in [-0.3, -0.25) is 9.59 Å². The van der Waals surface area contributed by atoms with Crippen molar-refractivity contribution in [3.63, 3.8) is 0 Å². The van der Waals surface area contributed by atoms with E-state index in [-0.39, 0.29) is 18.5 Å². The van der Waals surface area contributed by atoms with E-state index in [1.165, 1.54) is 12.1 Å². The van der Waals surface area contributed by atoms with Gasteiger partial charge in [0.1, 0.15) is 17.5 Å². The highest BCUT2D eigenvalue weighted by Crippen LogP contribution is 2.28. The zero-order chi connectivity index (χ0) is 21.7. The fourth-order valence-electron chi connectivity index (χ4n) is 3.22. The Morgan fingerprint density at radius 1 is 1.07 bits per heavy atom. The number of amides is 2. The van der Waals surface area contributed by atoms with Crippen molar-refractivity contribution in [3.8, 4) is 11.5 Å². The number of ether oxygens (including phenoxy) is 1. The molecule has 0 bridgehead atoms. The molecule has 2 amide bonds.